The molecule has 5 aromatic rings. The maximum Gasteiger partial charge on any atom is 0.151 e. The van der Waals surface area contributed by atoms with Crippen molar-refractivity contribution >= 4 is 39.9 Å². The number of nitrogens with two attached hydrogens (primary N) is 1. The number of hydrogen-bond donors (Lipinski definition) is 2. The minimum absolute atomic E-state index is 0.385. The molecule has 0 amide bonds. The quantitative estimate of drug-likeness (QED) is 0.304. The number of fused-ring (bicyclic) bond motifs is 1. The Labute approximate surface area is 228 Å². The molecule has 5 heterocycles. The fourth-order valence-electron chi connectivity index (χ4n) is 4.68. The van der Waals surface area contributed by atoms with Gasteiger partial charge in [0.2, 0.25) is 0 Å². The van der Waals surface area contributed by atoms with Gasteiger partial charge in [-0.05, 0) is 43.3 Å². The monoisotopic (exact) mass is 547 g/mol. The van der Waals surface area contributed by atoms with Gasteiger partial charge in [-0.2, -0.15) is 5.10 Å². The predicted octanol–water partition coefficient (Wildman–Crippen LogP) is 4.41. The highest BCUT2D eigenvalue weighted by Crippen LogP contribution is 2.35. The summed E-state index contributed by atoms with van der Waals surface area (Å²) in [5, 5.41) is 18.2. The number of halogens is 2. The SMILES string of the molecule is C[C@@H](Oc1ccc2[nH]nc(-c3ccc(N4CC(N)(Cc5ncccn5)C4)nn3)c2c1)c1c(Cl)cncc1Cl. The number of nitrogens with zero attached hydrogens (tertiary/aromatic N) is 7. The third kappa shape index (κ3) is 4.73. The zero-order chi connectivity index (χ0) is 26.3. The molecular formula is C26H23Cl2N9O. The minimum Gasteiger partial charge on any atom is -0.486 e. The number of rotatable bonds is 7. The first-order valence-corrected chi connectivity index (χ1v) is 12.7. The van der Waals surface area contributed by atoms with Crippen molar-refractivity contribution in [2.24, 2.45) is 5.73 Å². The van der Waals surface area contributed by atoms with Gasteiger partial charge in [-0.3, -0.25) is 10.1 Å². The molecule has 0 saturated carbocycles. The molecule has 6 rings (SSSR count). The van der Waals surface area contributed by atoms with Crippen LogP contribution in [0.3, 0.4) is 0 Å². The highest BCUT2D eigenvalue weighted by atomic mass is 35.5. The van der Waals surface area contributed by atoms with Crippen molar-refractivity contribution in [2.75, 3.05) is 18.0 Å². The zero-order valence-corrected chi connectivity index (χ0v) is 21.9. The Morgan fingerprint density at radius 3 is 2.55 bits per heavy atom. The van der Waals surface area contributed by atoms with Crippen LogP contribution in [-0.4, -0.2) is 54.0 Å². The molecule has 38 heavy (non-hydrogen) atoms. The van der Waals surface area contributed by atoms with Gasteiger partial charge in [0.1, 0.15) is 29.1 Å². The Hall–Kier alpha value is -3.86. The van der Waals surface area contributed by atoms with Crippen LogP contribution in [0.1, 0.15) is 24.4 Å². The highest BCUT2D eigenvalue weighted by Gasteiger charge is 2.41. The first kappa shape index (κ1) is 24.5. The van der Waals surface area contributed by atoms with Gasteiger partial charge < -0.3 is 15.4 Å². The van der Waals surface area contributed by atoms with E-state index in [0.717, 1.165) is 22.5 Å². The number of aromatic nitrogens is 7. The fourth-order valence-corrected chi connectivity index (χ4v) is 5.35. The Morgan fingerprint density at radius 2 is 1.84 bits per heavy atom. The second-order valence-electron chi connectivity index (χ2n) is 9.39. The van der Waals surface area contributed by atoms with Crippen molar-refractivity contribution in [1.29, 1.82) is 0 Å². The molecule has 10 nitrogen and oxygen atoms in total. The van der Waals surface area contributed by atoms with Gasteiger partial charge in [0.25, 0.3) is 0 Å². The maximum atomic E-state index is 6.52. The average Bonchev–Trinajstić information content (AvgIpc) is 3.31. The van der Waals surface area contributed by atoms with Crippen molar-refractivity contribution in [3.63, 3.8) is 0 Å². The molecule has 0 aliphatic carbocycles. The number of hydrogen-bond acceptors (Lipinski definition) is 9. The van der Waals surface area contributed by atoms with Crippen molar-refractivity contribution in [2.45, 2.75) is 25.0 Å². The van der Waals surface area contributed by atoms with Crippen molar-refractivity contribution < 1.29 is 4.74 Å². The number of pyridine rings is 1. The third-order valence-corrected chi connectivity index (χ3v) is 7.10. The summed E-state index contributed by atoms with van der Waals surface area (Å²) in [5.41, 5.74) is 8.98. The Morgan fingerprint density at radius 1 is 1.08 bits per heavy atom. The van der Waals surface area contributed by atoms with Crippen LogP contribution in [0.15, 0.2) is 61.2 Å². The van der Waals surface area contributed by atoms with Gasteiger partial charge in [0.05, 0.1) is 21.1 Å². The highest BCUT2D eigenvalue weighted by molar-refractivity contribution is 6.35. The summed E-state index contributed by atoms with van der Waals surface area (Å²) >= 11 is 12.6. The fraction of sp³-hybridized carbons (Fsp3) is 0.231. The van der Waals surface area contributed by atoms with Crippen molar-refractivity contribution in [3.8, 4) is 17.1 Å². The second-order valence-corrected chi connectivity index (χ2v) is 10.2. The second kappa shape index (κ2) is 9.79. The number of aromatic amines is 1. The molecule has 4 aromatic heterocycles. The molecule has 1 aliphatic heterocycles. The van der Waals surface area contributed by atoms with E-state index in [1.807, 2.05) is 37.3 Å². The molecule has 1 aliphatic rings. The number of nitrogens with one attached hydrogen (secondary N) is 1. The lowest BCUT2D eigenvalue weighted by atomic mass is 9.87. The lowest BCUT2D eigenvalue weighted by molar-refractivity contribution is 0.227. The van der Waals surface area contributed by atoms with Crippen LogP contribution < -0.4 is 15.4 Å². The van der Waals surface area contributed by atoms with Gasteiger partial charge >= 0.3 is 0 Å². The summed E-state index contributed by atoms with van der Waals surface area (Å²) in [5.74, 6) is 2.14. The largest absolute Gasteiger partial charge is 0.486 e. The number of H-pyrrole nitrogens is 1. The number of anilines is 1. The molecule has 0 unspecified atom stereocenters. The molecule has 192 valence electrons. The molecule has 1 atom stereocenters. The van der Waals surface area contributed by atoms with E-state index in [9.17, 15) is 0 Å². The van der Waals surface area contributed by atoms with Crippen LogP contribution in [0.25, 0.3) is 22.3 Å². The first-order chi connectivity index (χ1) is 18.4. The molecule has 3 N–H and O–H groups in total. The smallest absolute Gasteiger partial charge is 0.151 e. The van der Waals surface area contributed by atoms with E-state index in [1.54, 1.807) is 30.9 Å². The van der Waals surface area contributed by atoms with Crippen molar-refractivity contribution in [1.82, 2.24) is 35.3 Å². The first-order valence-electron chi connectivity index (χ1n) is 12.0. The van der Waals surface area contributed by atoms with Crippen LogP contribution in [0, 0.1) is 0 Å². The summed E-state index contributed by atoms with van der Waals surface area (Å²) in [4.78, 5) is 14.7. The predicted molar refractivity (Wildman–Crippen MR) is 145 cm³/mol. The van der Waals surface area contributed by atoms with E-state index < -0.39 is 5.54 Å². The van der Waals surface area contributed by atoms with Crippen LogP contribution in [0.4, 0.5) is 5.82 Å². The van der Waals surface area contributed by atoms with Gasteiger partial charge in [-0.25, -0.2) is 9.97 Å². The van der Waals surface area contributed by atoms with Crippen LogP contribution in [0.2, 0.25) is 10.0 Å². The van der Waals surface area contributed by atoms with E-state index >= 15 is 0 Å². The minimum atomic E-state index is -0.391. The van der Waals surface area contributed by atoms with E-state index in [-0.39, 0.29) is 6.10 Å². The van der Waals surface area contributed by atoms with Gasteiger partial charge in [-0.1, -0.05) is 23.2 Å². The van der Waals surface area contributed by atoms with E-state index in [0.29, 0.717) is 52.3 Å². The van der Waals surface area contributed by atoms with Gasteiger partial charge in [0, 0.05) is 55.2 Å². The van der Waals surface area contributed by atoms with Crippen LogP contribution in [0.5, 0.6) is 5.75 Å². The molecule has 0 bridgehead atoms. The molecule has 0 radical (unpaired) electrons. The van der Waals surface area contributed by atoms with E-state index in [2.05, 4.69) is 40.2 Å². The average molecular weight is 548 g/mol. The normalized spacial score (nSPS) is 15.3. The van der Waals surface area contributed by atoms with E-state index in [4.69, 9.17) is 33.7 Å². The Bertz CT molecular complexity index is 1570. The van der Waals surface area contributed by atoms with Crippen LogP contribution in [-0.2, 0) is 6.42 Å². The lowest BCUT2D eigenvalue weighted by Crippen LogP contribution is -2.69. The summed E-state index contributed by atoms with van der Waals surface area (Å²) in [7, 11) is 0. The Balaban J connectivity index is 1.18. The molecular weight excluding hydrogens is 525 g/mol. The van der Waals surface area contributed by atoms with E-state index in [1.165, 1.54) is 0 Å². The summed E-state index contributed by atoms with van der Waals surface area (Å²) < 4.78 is 6.16. The standard InChI is InChI=1S/C26H23Cl2N9O/c1-15(24-18(27)11-30-12-19(24)28)38-16-3-4-20-17(9-16)25(36-33-20)21-5-6-23(35-34-21)37-13-26(29,14-37)10-22-31-7-2-8-32-22/h2-9,11-12,15H,10,13-14,29H2,1H3,(H,33,36)/t15-/m1/s1. The summed E-state index contributed by atoms with van der Waals surface area (Å²) in [6.07, 6.45) is 6.78. The summed E-state index contributed by atoms with van der Waals surface area (Å²) in [6, 6.07) is 11.3. The van der Waals surface area contributed by atoms with Crippen LogP contribution >= 0.6 is 23.2 Å². The molecule has 12 heteroatoms. The maximum absolute atomic E-state index is 6.52. The zero-order valence-electron chi connectivity index (χ0n) is 20.3. The molecule has 1 fully saturated rings. The molecule has 1 saturated heterocycles. The number of ether oxygens (including phenoxy) is 1. The lowest BCUT2D eigenvalue weighted by Gasteiger charge is -2.47. The summed E-state index contributed by atoms with van der Waals surface area (Å²) in [6.45, 7) is 3.18. The third-order valence-electron chi connectivity index (χ3n) is 6.50. The van der Waals surface area contributed by atoms with Gasteiger partial charge in [0.15, 0.2) is 5.82 Å². The molecule has 0 spiro atoms. The number of benzene rings is 1. The molecule has 1 aromatic carbocycles. The van der Waals surface area contributed by atoms with Gasteiger partial charge in [-0.15, -0.1) is 10.2 Å². The Kier molecular flexibility index (Phi) is 6.30. The van der Waals surface area contributed by atoms with Crippen molar-refractivity contribution in [3.05, 3.63) is 82.6 Å². The topological polar surface area (TPSA) is 132 Å².